The Morgan fingerprint density at radius 1 is 1.18 bits per heavy atom. The molecular formula is C18H26N2O2. The zero-order chi connectivity index (χ0) is 15.4. The number of hydrogen-bond acceptors (Lipinski definition) is 3. The number of ether oxygens (including phenoxy) is 1. The molecule has 1 amide bonds. The van der Waals surface area contributed by atoms with Crippen LogP contribution in [0.5, 0.6) is 0 Å². The second-order valence-corrected chi connectivity index (χ2v) is 6.15. The molecule has 0 aliphatic carbocycles. The molecule has 0 N–H and O–H groups in total. The molecule has 1 aromatic carbocycles. The molecule has 0 unspecified atom stereocenters. The van der Waals surface area contributed by atoms with Crippen LogP contribution in [0.25, 0.3) is 0 Å². The summed E-state index contributed by atoms with van der Waals surface area (Å²) < 4.78 is 5.64. The first-order chi connectivity index (χ1) is 10.8. The Morgan fingerprint density at radius 2 is 1.95 bits per heavy atom. The number of piperazine rings is 1. The maximum absolute atomic E-state index is 12.5. The van der Waals surface area contributed by atoms with Crippen LogP contribution in [0.3, 0.4) is 0 Å². The molecule has 2 fully saturated rings. The average Bonchev–Trinajstić information content (AvgIpc) is 2.62. The number of anilines is 1. The zero-order valence-electron chi connectivity index (χ0n) is 13.5. The molecule has 2 heterocycles. The Labute approximate surface area is 133 Å². The van der Waals surface area contributed by atoms with Crippen molar-refractivity contribution < 1.29 is 9.53 Å². The van der Waals surface area contributed by atoms with E-state index in [4.69, 9.17) is 4.74 Å². The van der Waals surface area contributed by atoms with Gasteiger partial charge in [-0.2, -0.15) is 0 Å². The van der Waals surface area contributed by atoms with Crippen molar-refractivity contribution in [1.29, 1.82) is 0 Å². The van der Waals surface area contributed by atoms with Crippen molar-refractivity contribution in [3.05, 3.63) is 29.8 Å². The van der Waals surface area contributed by atoms with E-state index in [0.29, 0.717) is 0 Å². The van der Waals surface area contributed by atoms with Crippen LogP contribution in [0.15, 0.2) is 24.3 Å². The minimum absolute atomic E-state index is 0.191. The lowest BCUT2D eigenvalue weighted by molar-refractivity contribution is -0.146. The molecule has 1 atom stereocenters. The Bertz CT molecular complexity index is 504. The van der Waals surface area contributed by atoms with Crippen molar-refractivity contribution in [2.75, 3.05) is 37.7 Å². The van der Waals surface area contributed by atoms with E-state index in [-0.39, 0.29) is 12.0 Å². The fourth-order valence-electron chi connectivity index (χ4n) is 3.43. The standard InChI is InChI=1S/C18H26N2O2/c1-2-15-7-3-4-8-16(15)19-10-12-20(13-11-19)18(21)17-9-5-6-14-22-17/h3-4,7-8,17H,2,5-6,9-14H2,1H3/t17-/m1/s1. The van der Waals surface area contributed by atoms with E-state index in [1.807, 2.05) is 4.90 Å². The first-order valence-corrected chi connectivity index (χ1v) is 8.53. The highest BCUT2D eigenvalue weighted by Gasteiger charge is 2.29. The van der Waals surface area contributed by atoms with E-state index in [0.717, 1.165) is 58.5 Å². The summed E-state index contributed by atoms with van der Waals surface area (Å²) in [5.41, 5.74) is 2.71. The van der Waals surface area contributed by atoms with Crippen molar-refractivity contribution >= 4 is 11.6 Å². The van der Waals surface area contributed by atoms with Gasteiger partial charge in [0.2, 0.25) is 0 Å². The van der Waals surface area contributed by atoms with Gasteiger partial charge in [0.15, 0.2) is 0 Å². The van der Waals surface area contributed by atoms with Gasteiger partial charge in [-0.05, 0) is 37.3 Å². The summed E-state index contributed by atoms with van der Waals surface area (Å²) in [5, 5.41) is 0. The van der Waals surface area contributed by atoms with Crippen molar-refractivity contribution in [3.63, 3.8) is 0 Å². The molecule has 22 heavy (non-hydrogen) atoms. The highest BCUT2D eigenvalue weighted by molar-refractivity contribution is 5.81. The smallest absolute Gasteiger partial charge is 0.251 e. The van der Waals surface area contributed by atoms with Crippen LogP contribution in [0.4, 0.5) is 5.69 Å². The Morgan fingerprint density at radius 3 is 2.64 bits per heavy atom. The molecular weight excluding hydrogens is 276 g/mol. The number of carbonyl (C=O) groups is 1. The van der Waals surface area contributed by atoms with Gasteiger partial charge in [0.25, 0.3) is 5.91 Å². The Hall–Kier alpha value is -1.55. The number of aryl methyl sites for hydroxylation is 1. The van der Waals surface area contributed by atoms with Crippen molar-refractivity contribution in [1.82, 2.24) is 4.90 Å². The van der Waals surface area contributed by atoms with Gasteiger partial charge >= 0.3 is 0 Å². The SMILES string of the molecule is CCc1ccccc1N1CCN(C(=O)[C@H]2CCCCO2)CC1. The van der Waals surface area contributed by atoms with Crippen LogP contribution in [-0.2, 0) is 16.0 Å². The van der Waals surface area contributed by atoms with Crippen LogP contribution in [0.2, 0.25) is 0 Å². The Balaban J connectivity index is 1.59. The molecule has 0 aromatic heterocycles. The van der Waals surface area contributed by atoms with Crippen molar-refractivity contribution in [3.8, 4) is 0 Å². The number of para-hydroxylation sites is 1. The quantitative estimate of drug-likeness (QED) is 0.860. The molecule has 0 saturated carbocycles. The summed E-state index contributed by atoms with van der Waals surface area (Å²) in [7, 11) is 0. The van der Waals surface area contributed by atoms with E-state index in [1.54, 1.807) is 0 Å². The predicted octanol–water partition coefficient (Wildman–Crippen LogP) is 2.47. The topological polar surface area (TPSA) is 32.8 Å². The molecule has 3 rings (SSSR count). The molecule has 0 radical (unpaired) electrons. The van der Waals surface area contributed by atoms with E-state index in [2.05, 4.69) is 36.1 Å². The van der Waals surface area contributed by atoms with Crippen LogP contribution in [-0.4, -0.2) is 49.7 Å². The van der Waals surface area contributed by atoms with Crippen LogP contribution < -0.4 is 4.90 Å². The summed E-state index contributed by atoms with van der Waals surface area (Å²) in [6.07, 6.45) is 3.94. The van der Waals surface area contributed by atoms with Gasteiger partial charge in [0.1, 0.15) is 6.10 Å². The molecule has 120 valence electrons. The first-order valence-electron chi connectivity index (χ1n) is 8.53. The van der Waals surface area contributed by atoms with E-state index in [9.17, 15) is 4.79 Å². The van der Waals surface area contributed by atoms with E-state index < -0.39 is 0 Å². The summed E-state index contributed by atoms with van der Waals surface area (Å²) in [6, 6.07) is 8.59. The summed E-state index contributed by atoms with van der Waals surface area (Å²) in [6.45, 7) is 6.36. The number of nitrogens with zero attached hydrogens (tertiary/aromatic N) is 2. The molecule has 0 spiro atoms. The molecule has 4 heteroatoms. The summed E-state index contributed by atoms with van der Waals surface area (Å²) in [4.78, 5) is 16.9. The van der Waals surface area contributed by atoms with Gasteiger partial charge < -0.3 is 14.5 Å². The maximum atomic E-state index is 12.5. The number of amides is 1. The van der Waals surface area contributed by atoms with Gasteiger partial charge in [0, 0.05) is 38.5 Å². The highest BCUT2D eigenvalue weighted by Crippen LogP contribution is 2.23. The largest absolute Gasteiger partial charge is 0.368 e. The third-order valence-corrected chi connectivity index (χ3v) is 4.76. The fraction of sp³-hybridized carbons (Fsp3) is 0.611. The van der Waals surface area contributed by atoms with E-state index >= 15 is 0 Å². The molecule has 2 saturated heterocycles. The average molecular weight is 302 g/mol. The van der Waals surface area contributed by atoms with E-state index in [1.165, 1.54) is 11.3 Å². The number of hydrogen-bond donors (Lipinski definition) is 0. The maximum Gasteiger partial charge on any atom is 0.251 e. The van der Waals surface area contributed by atoms with Gasteiger partial charge in [0.05, 0.1) is 0 Å². The molecule has 0 bridgehead atoms. The zero-order valence-corrected chi connectivity index (χ0v) is 13.5. The lowest BCUT2D eigenvalue weighted by atomic mass is 10.1. The summed E-state index contributed by atoms with van der Waals surface area (Å²) >= 11 is 0. The lowest BCUT2D eigenvalue weighted by Gasteiger charge is -2.38. The van der Waals surface area contributed by atoms with Gasteiger partial charge in [-0.1, -0.05) is 25.1 Å². The second kappa shape index (κ2) is 7.14. The fourth-order valence-corrected chi connectivity index (χ4v) is 3.43. The second-order valence-electron chi connectivity index (χ2n) is 6.15. The third-order valence-electron chi connectivity index (χ3n) is 4.76. The number of benzene rings is 1. The van der Waals surface area contributed by atoms with Crippen LogP contribution >= 0.6 is 0 Å². The minimum Gasteiger partial charge on any atom is -0.368 e. The minimum atomic E-state index is -0.191. The highest BCUT2D eigenvalue weighted by atomic mass is 16.5. The van der Waals surface area contributed by atoms with Crippen LogP contribution in [0.1, 0.15) is 31.7 Å². The predicted molar refractivity (Wildman–Crippen MR) is 88.2 cm³/mol. The normalized spacial score (nSPS) is 22.7. The van der Waals surface area contributed by atoms with Gasteiger partial charge in [-0.3, -0.25) is 4.79 Å². The van der Waals surface area contributed by atoms with Crippen molar-refractivity contribution in [2.24, 2.45) is 0 Å². The molecule has 1 aromatic rings. The first kappa shape index (κ1) is 15.3. The Kier molecular flexibility index (Phi) is 4.98. The molecule has 2 aliphatic heterocycles. The summed E-state index contributed by atoms with van der Waals surface area (Å²) in [5.74, 6) is 0.197. The number of carbonyl (C=O) groups excluding carboxylic acids is 1. The van der Waals surface area contributed by atoms with Crippen molar-refractivity contribution in [2.45, 2.75) is 38.7 Å². The number of rotatable bonds is 3. The molecule has 2 aliphatic rings. The van der Waals surface area contributed by atoms with Gasteiger partial charge in [-0.25, -0.2) is 0 Å². The molecule has 4 nitrogen and oxygen atoms in total. The third kappa shape index (κ3) is 3.27. The lowest BCUT2D eigenvalue weighted by Crippen LogP contribution is -2.52. The monoisotopic (exact) mass is 302 g/mol. The van der Waals surface area contributed by atoms with Gasteiger partial charge in [-0.15, -0.1) is 0 Å². The van der Waals surface area contributed by atoms with Crippen LogP contribution in [0, 0.1) is 0 Å².